The van der Waals surface area contributed by atoms with E-state index in [1.165, 1.54) is 44.9 Å². The number of benzene rings is 1. The van der Waals surface area contributed by atoms with Crippen LogP contribution in [-0.2, 0) is 13.1 Å². The average molecular weight is 418 g/mol. The molecule has 2 aliphatic carbocycles. The highest BCUT2D eigenvalue weighted by atomic mass is 16.1. The Kier molecular flexibility index (Phi) is 5.64. The van der Waals surface area contributed by atoms with E-state index in [1.807, 2.05) is 42.6 Å². The Balaban J connectivity index is 1.41. The number of imidazole rings is 1. The predicted molar refractivity (Wildman–Crippen MR) is 123 cm³/mol. The molecule has 0 atom stereocenters. The summed E-state index contributed by atoms with van der Waals surface area (Å²) >= 11 is 0. The molecule has 0 spiro atoms. The van der Waals surface area contributed by atoms with Crippen molar-refractivity contribution in [1.29, 1.82) is 0 Å². The minimum atomic E-state index is -0.0969. The van der Waals surface area contributed by atoms with Crippen LogP contribution in [0.5, 0.6) is 0 Å². The fraction of sp³-hybridized carbons (Fsp3) is 0.440. The van der Waals surface area contributed by atoms with Crippen LogP contribution in [0.2, 0.25) is 0 Å². The molecule has 2 fully saturated rings. The summed E-state index contributed by atoms with van der Waals surface area (Å²) in [6.45, 7) is 0.965. The van der Waals surface area contributed by atoms with Crippen molar-refractivity contribution in [3.8, 4) is 0 Å². The van der Waals surface area contributed by atoms with Crippen LogP contribution in [0.3, 0.4) is 0 Å². The number of fused-ring (bicyclic) bond motifs is 1. The van der Waals surface area contributed by atoms with Crippen molar-refractivity contribution in [3.63, 3.8) is 0 Å². The molecular weight excluding hydrogens is 386 g/mol. The molecule has 6 heteroatoms. The van der Waals surface area contributed by atoms with Crippen LogP contribution >= 0.6 is 0 Å². The van der Waals surface area contributed by atoms with E-state index >= 15 is 0 Å². The lowest BCUT2D eigenvalue weighted by Gasteiger charge is -2.24. The minimum absolute atomic E-state index is 0.0969. The molecule has 0 saturated heterocycles. The zero-order valence-corrected chi connectivity index (χ0v) is 17.9. The highest BCUT2D eigenvalue weighted by Crippen LogP contribution is 2.44. The number of nitrogens with one attached hydrogen (secondary N) is 2. The summed E-state index contributed by atoms with van der Waals surface area (Å²) in [6.07, 6.45) is 10.7. The zero-order valence-electron chi connectivity index (χ0n) is 17.9. The number of hydrogen-bond donors (Lipinski definition) is 3. The largest absolute Gasteiger partial charge is 0.367 e. The highest BCUT2D eigenvalue weighted by molar-refractivity contribution is 6.00. The molecule has 2 aliphatic rings. The van der Waals surface area contributed by atoms with Crippen molar-refractivity contribution in [2.45, 2.75) is 70.0 Å². The molecule has 1 amide bonds. The maximum atomic E-state index is 13.1. The number of rotatable bonds is 7. The van der Waals surface area contributed by atoms with Crippen molar-refractivity contribution in [2.75, 3.05) is 5.32 Å². The molecule has 4 N–H and O–H groups in total. The van der Waals surface area contributed by atoms with Crippen molar-refractivity contribution < 1.29 is 4.79 Å². The van der Waals surface area contributed by atoms with E-state index in [0.717, 1.165) is 28.3 Å². The van der Waals surface area contributed by atoms with Crippen LogP contribution in [0.15, 0.2) is 42.6 Å². The summed E-state index contributed by atoms with van der Waals surface area (Å²) in [7, 11) is 0. The van der Waals surface area contributed by atoms with Gasteiger partial charge in [0, 0.05) is 31.2 Å². The standard InChI is InChI=1S/C25H31N5O/c26-15-17-6-4-7-18(14-17)16-27-25(31)21-10-5-13-30-23(21)29-22(19-11-12-19)24(30)28-20-8-2-1-3-9-20/h4-7,10,13-14,19-20,28H,1-3,8-9,11-12,15-16,26H2,(H,27,31). The predicted octanol–water partition coefficient (Wildman–Crippen LogP) is 4.35. The van der Waals surface area contributed by atoms with Gasteiger partial charge in [0.25, 0.3) is 5.91 Å². The van der Waals surface area contributed by atoms with Gasteiger partial charge in [-0.2, -0.15) is 0 Å². The molecule has 2 saturated carbocycles. The lowest BCUT2D eigenvalue weighted by molar-refractivity contribution is 0.0952. The van der Waals surface area contributed by atoms with Gasteiger partial charge >= 0.3 is 0 Å². The highest BCUT2D eigenvalue weighted by Gasteiger charge is 2.32. The van der Waals surface area contributed by atoms with Crippen LogP contribution in [0, 0.1) is 0 Å². The van der Waals surface area contributed by atoms with Crippen LogP contribution in [0.4, 0.5) is 5.82 Å². The lowest BCUT2D eigenvalue weighted by atomic mass is 9.95. The molecular formula is C25H31N5O. The Morgan fingerprint density at radius 2 is 1.87 bits per heavy atom. The first kappa shape index (κ1) is 20.1. The Morgan fingerprint density at radius 3 is 2.65 bits per heavy atom. The van der Waals surface area contributed by atoms with Crippen LogP contribution in [0.1, 0.15) is 78.0 Å². The summed E-state index contributed by atoms with van der Waals surface area (Å²) in [5.74, 6) is 1.51. The van der Waals surface area contributed by atoms with Gasteiger partial charge in [-0.15, -0.1) is 0 Å². The fourth-order valence-electron chi connectivity index (χ4n) is 4.63. The van der Waals surface area contributed by atoms with E-state index in [4.69, 9.17) is 10.7 Å². The van der Waals surface area contributed by atoms with Crippen LogP contribution in [0.25, 0.3) is 5.65 Å². The van der Waals surface area contributed by atoms with E-state index < -0.39 is 0 Å². The van der Waals surface area contributed by atoms with Crippen molar-refractivity contribution in [1.82, 2.24) is 14.7 Å². The summed E-state index contributed by atoms with van der Waals surface area (Å²) in [6, 6.07) is 12.3. The van der Waals surface area contributed by atoms with Crippen LogP contribution in [-0.4, -0.2) is 21.3 Å². The second kappa shape index (κ2) is 8.71. The number of amides is 1. The first-order valence-electron chi connectivity index (χ1n) is 11.6. The summed E-state index contributed by atoms with van der Waals surface area (Å²) in [5.41, 5.74) is 10.3. The SMILES string of the molecule is NCc1cccc(CNC(=O)c2cccn3c(NC4CCCCC4)c(C4CC4)nc23)c1. The molecule has 0 unspecified atom stereocenters. The van der Waals surface area contributed by atoms with Crippen molar-refractivity contribution >= 4 is 17.4 Å². The number of anilines is 1. The second-order valence-electron chi connectivity index (χ2n) is 8.92. The zero-order chi connectivity index (χ0) is 21.2. The van der Waals surface area contributed by atoms with Crippen molar-refractivity contribution in [2.24, 2.45) is 5.73 Å². The quantitative estimate of drug-likeness (QED) is 0.534. The topological polar surface area (TPSA) is 84.5 Å². The average Bonchev–Trinajstić information content (AvgIpc) is 3.60. The first-order valence-corrected chi connectivity index (χ1v) is 11.6. The third kappa shape index (κ3) is 4.30. The van der Waals surface area contributed by atoms with Gasteiger partial charge in [-0.3, -0.25) is 9.20 Å². The van der Waals surface area contributed by atoms with E-state index in [-0.39, 0.29) is 5.91 Å². The molecule has 31 heavy (non-hydrogen) atoms. The lowest BCUT2D eigenvalue weighted by Crippen LogP contribution is -2.24. The Labute approximate surface area is 183 Å². The second-order valence-corrected chi connectivity index (χ2v) is 8.92. The number of carbonyl (C=O) groups excluding carboxylic acids is 1. The molecule has 6 nitrogen and oxygen atoms in total. The van der Waals surface area contributed by atoms with Crippen LogP contribution < -0.4 is 16.4 Å². The van der Waals surface area contributed by atoms with Gasteiger partial charge in [0.15, 0.2) is 5.65 Å². The van der Waals surface area contributed by atoms with Crippen molar-refractivity contribution in [3.05, 3.63) is 65.0 Å². The molecule has 0 bridgehead atoms. The van der Waals surface area contributed by atoms with Gasteiger partial charge in [-0.25, -0.2) is 4.98 Å². The molecule has 0 radical (unpaired) electrons. The minimum Gasteiger partial charge on any atom is -0.367 e. The Hall–Kier alpha value is -2.86. The number of hydrogen-bond acceptors (Lipinski definition) is 4. The van der Waals surface area contributed by atoms with E-state index in [0.29, 0.717) is 30.6 Å². The number of pyridine rings is 1. The Bertz CT molecular complexity index is 1080. The number of nitrogens with zero attached hydrogens (tertiary/aromatic N) is 2. The monoisotopic (exact) mass is 417 g/mol. The summed E-state index contributed by atoms with van der Waals surface area (Å²) in [5, 5.41) is 6.85. The fourth-order valence-corrected chi connectivity index (χ4v) is 4.63. The maximum Gasteiger partial charge on any atom is 0.255 e. The first-order chi connectivity index (χ1) is 15.2. The molecule has 162 valence electrons. The third-order valence-corrected chi connectivity index (χ3v) is 6.51. The normalized spacial score (nSPS) is 17.1. The van der Waals surface area contributed by atoms with E-state index in [1.54, 1.807) is 0 Å². The van der Waals surface area contributed by atoms with Gasteiger partial charge in [0.1, 0.15) is 5.82 Å². The van der Waals surface area contributed by atoms with Gasteiger partial charge < -0.3 is 16.4 Å². The summed E-state index contributed by atoms with van der Waals surface area (Å²) in [4.78, 5) is 18.0. The maximum absolute atomic E-state index is 13.1. The number of aromatic nitrogens is 2. The molecule has 5 rings (SSSR count). The molecule has 0 aliphatic heterocycles. The molecule has 2 aromatic heterocycles. The molecule has 3 aromatic rings. The number of nitrogens with two attached hydrogens (primary N) is 1. The summed E-state index contributed by atoms with van der Waals surface area (Å²) < 4.78 is 2.09. The van der Waals surface area contributed by atoms with Gasteiger partial charge in [-0.1, -0.05) is 43.5 Å². The molecule has 1 aromatic carbocycles. The smallest absolute Gasteiger partial charge is 0.255 e. The Morgan fingerprint density at radius 1 is 1.06 bits per heavy atom. The van der Waals surface area contributed by atoms with E-state index in [2.05, 4.69) is 15.0 Å². The molecule has 2 heterocycles. The van der Waals surface area contributed by atoms with E-state index in [9.17, 15) is 4.79 Å². The van der Waals surface area contributed by atoms with Gasteiger partial charge in [0.2, 0.25) is 0 Å². The van der Waals surface area contributed by atoms with Gasteiger partial charge in [0.05, 0.1) is 11.3 Å². The van der Waals surface area contributed by atoms with Gasteiger partial charge in [-0.05, 0) is 48.9 Å². The number of carbonyl (C=O) groups is 1. The third-order valence-electron chi connectivity index (χ3n) is 6.51.